The van der Waals surface area contributed by atoms with E-state index in [-0.39, 0.29) is 52.5 Å². The summed E-state index contributed by atoms with van der Waals surface area (Å²) in [4.78, 5) is 47.7. The smallest absolute Gasteiger partial charge is 0.251 e. The van der Waals surface area contributed by atoms with Crippen LogP contribution >= 0.6 is 0 Å². The SMILES string of the molecule is O=C1CCCN(C(=O)C2CCCN(c3ccccn3)C2)CCCNC(=O)c2ccc(F)c(c2)-c2cc(ccc2O)CCN1. The predicted molar refractivity (Wildman–Crippen MR) is 162 cm³/mol. The molecule has 2 aliphatic heterocycles. The highest BCUT2D eigenvalue weighted by Crippen LogP contribution is 2.33. The number of halogens is 1. The minimum atomic E-state index is -0.554. The molecule has 0 saturated carbocycles. The number of amides is 3. The van der Waals surface area contributed by atoms with Crippen molar-refractivity contribution in [2.24, 2.45) is 5.92 Å². The third-order valence-corrected chi connectivity index (χ3v) is 8.09. The number of aromatic hydroxyl groups is 1. The molecular weight excluding hydrogens is 549 g/mol. The van der Waals surface area contributed by atoms with Gasteiger partial charge in [0.2, 0.25) is 11.8 Å². The van der Waals surface area contributed by atoms with E-state index in [0.29, 0.717) is 52.0 Å². The second kappa shape index (κ2) is 14.1. The average Bonchev–Trinajstić information content (AvgIpc) is 3.03. The molecular formula is C33H38FN5O4. The van der Waals surface area contributed by atoms with Gasteiger partial charge in [0.1, 0.15) is 17.4 Å². The van der Waals surface area contributed by atoms with E-state index < -0.39 is 5.82 Å². The average molecular weight is 588 g/mol. The van der Waals surface area contributed by atoms with Gasteiger partial charge in [-0.25, -0.2) is 9.37 Å². The number of anilines is 1. The Morgan fingerprint density at radius 2 is 1.77 bits per heavy atom. The molecule has 0 radical (unpaired) electrons. The summed E-state index contributed by atoms with van der Waals surface area (Å²) in [5, 5.41) is 16.3. The number of carbonyl (C=O) groups is 3. The maximum atomic E-state index is 14.8. The number of piperidine rings is 1. The largest absolute Gasteiger partial charge is 0.507 e. The molecule has 2 aliphatic rings. The fourth-order valence-electron chi connectivity index (χ4n) is 5.78. The summed E-state index contributed by atoms with van der Waals surface area (Å²) in [5.41, 5.74) is 1.49. The molecule has 4 bridgehead atoms. The van der Waals surface area contributed by atoms with Gasteiger partial charge >= 0.3 is 0 Å². The van der Waals surface area contributed by atoms with Crippen molar-refractivity contribution >= 4 is 23.5 Å². The van der Waals surface area contributed by atoms with Crippen molar-refractivity contribution in [2.75, 3.05) is 44.2 Å². The number of fused-ring (bicyclic) bond motifs is 5. The number of phenolic OH excluding ortho intramolecular Hbond substituents is 1. The number of hydrogen-bond donors (Lipinski definition) is 3. The van der Waals surface area contributed by atoms with Gasteiger partial charge in [0.15, 0.2) is 0 Å². The van der Waals surface area contributed by atoms with E-state index >= 15 is 0 Å². The maximum absolute atomic E-state index is 14.8. The van der Waals surface area contributed by atoms with Crippen molar-refractivity contribution in [2.45, 2.75) is 38.5 Å². The summed E-state index contributed by atoms with van der Waals surface area (Å²) in [6, 6.07) is 14.7. The van der Waals surface area contributed by atoms with Crippen molar-refractivity contribution < 1.29 is 23.9 Å². The summed E-state index contributed by atoms with van der Waals surface area (Å²) in [5.74, 6) is -0.372. The Labute approximate surface area is 251 Å². The third-order valence-electron chi connectivity index (χ3n) is 8.09. The number of phenols is 1. The number of hydrogen-bond acceptors (Lipinski definition) is 6. The summed E-state index contributed by atoms with van der Waals surface area (Å²) in [6.45, 7) is 3.02. The minimum absolute atomic E-state index is 0.0560. The van der Waals surface area contributed by atoms with Crippen molar-refractivity contribution in [3.63, 3.8) is 0 Å². The quantitative estimate of drug-likeness (QED) is 0.419. The van der Waals surface area contributed by atoms with Crippen LogP contribution in [0, 0.1) is 11.7 Å². The lowest BCUT2D eigenvalue weighted by atomic mass is 9.96. The normalized spacial score (nSPS) is 19.0. The number of nitrogens with one attached hydrogen (secondary N) is 2. The van der Waals surface area contributed by atoms with E-state index in [1.807, 2.05) is 23.1 Å². The first-order chi connectivity index (χ1) is 20.9. The van der Waals surface area contributed by atoms with Crippen LogP contribution in [0.5, 0.6) is 5.75 Å². The van der Waals surface area contributed by atoms with Crippen molar-refractivity contribution in [1.29, 1.82) is 0 Å². The van der Waals surface area contributed by atoms with Crippen molar-refractivity contribution in [3.05, 3.63) is 77.7 Å². The molecule has 2 aromatic carbocycles. The molecule has 0 aliphatic carbocycles. The zero-order valence-corrected chi connectivity index (χ0v) is 24.2. The van der Waals surface area contributed by atoms with Crippen LogP contribution in [0.15, 0.2) is 60.8 Å². The van der Waals surface area contributed by atoms with Crippen LogP contribution in [-0.2, 0) is 16.0 Å². The molecule has 1 atom stereocenters. The van der Waals surface area contributed by atoms with Crippen LogP contribution in [-0.4, -0.2) is 72.0 Å². The summed E-state index contributed by atoms with van der Waals surface area (Å²) >= 11 is 0. The Morgan fingerprint density at radius 1 is 0.907 bits per heavy atom. The Balaban J connectivity index is 1.30. The number of carbonyl (C=O) groups excluding carboxylic acids is 3. The third kappa shape index (κ3) is 7.68. The fraction of sp³-hybridized carbons (Fsp3) is 0.394. The molecule has 1 unspecified atom stereocenters. The number of benzene rings is 2. The first-order valence-corrected chi connectivity index (χ1v) is 15.0. The highest BCUT2D eigenvalue weighted by Gasteiger charge is 2.30. The van der Waals surface area contributed by atoms with Gasteiger partial charge in [-0.1, -0.05) is 12.1 Å². The molecule has 3 N–H and O–H groups in total. The molecule has 1 fully saturated rings. The number of rotatable bonds is 2. The van der Waals surface area contributed by atoms with Gasteiger partial charge in [0, 0.05) is 68.6 Å². The Hall–Kier alpha value is -4.47. The minimum Gasteiger partial charge on any atom is -0.507 e. The van der Waals surface area contributed by atoms with Gasteiger partial charge < -0.3 is 25.5 Å². The van der Waals surface area contributed by atoms with Gasteiger partial charge in [-0.15, -0.1) is 0 Å². The highest BCUT2D eigenvalue weighted by molar-refractivity contribution is 5.95. The van der Waals surface area contributed by atoms with E-state index in [2.05, 4.69) is 20.5 Å². The van der Waals surface area contributed by atoms with Gasteiger partial charge in [-0.3, -0.25) is 14.4 Å². The standard InChI is InChI=1S/C33H38FN5O4/c34-28-11-10-24-21-26(28)27-20-23(9-12-29(27)40)13-16-36-31(41)8-4-17-38(19-5-15-37-32(24)42)33(43)25-6-3-18-39(22-25)30-7-1-2-14-35-30/h1-2,7,9-12,14,20-21,25,40H,3-6,8,13,15-19,22H2,(H,36,41)(H,37,42). The number of pyridine rings is 1. The van der Waals surface area contributed by atoms with Crippen LogP contribution in [0.1, 0.15) is 48.0 Å². The van der Waals surface area contributed by atoms with Crippen LogP contribution in [0.4, 0.5) is 10.2 Å². The molecule has 9 nitrogen and oxygen atoms in total. The zero-order valence-electron chi connectivity index (χ0n) is 24.2. The van der Waals surface area contributed by atoms with Crippen LogP contribution in [0.25, 0.3) is 11.1 Å². The first-order valence-electron chi connectivity index (χ1n) is 15.0. The monoisotopic (exact) mass is 587 g/mol. The van der Waals surface area contributed by atoms with Gasteiger partial charge in [0.25, 0.3) is 5.91 Å². The summed E-state index contributed by atoms with van der Waals surface area (Å²) in [7, 11) is 0. The molecule has 3 aromatic rings. The lowest BCUT2D eigenvalue weighted by Crippen LogP contribution is -2.46. The second-order valence-corrected chi connectivity index (χ2v) is 11.2. The zero-order chi connectivity index (χ0) is 30.2. The van der Waals surface area contributed by atoms with Crippen LogP contribution in [0.2, 0.25) is 0 Å². The molecule has 226 valence electrons. The topological polar surface area (TPSA) is 115 Å². The molecule has 43 heavy (non-hydrogen) atoms. The summed E-state index contributed by atoms with van der Waals surface area (Å²) < 4.78 is 14.8. The van der Waals surface area contributed by atoms with Gasteiger partial charge in [-0.05, 0) is 80.1 Å². The van der Waals surface area contributed by atoms with E-state index in [0.717, 1.165) is 30.8 Å². The van der Waals surface area contributed by atoms with Crippen molar-refractivity contribution in [1.82, 2.24) is 20.5 Å². The highest BCUT2D eigenvalue weighted by atomic mass is 19.1. The molecule has 3 amide bonds. The molecule has 3 heterocycles. The molecule has 10 heteroatoms. The van der Waals surface area contributed by atoms with Gasteiger partial charge in [-0.2, -0.15) is 0 Å². The molecule has 0 spiro atoms. The molecule has 1 saturated heterocycles. The number of nitrogens with zero attached hydrogens (tertiary/aromatic N) is 3. The first kappa shape index (κ1) is 30.0. The Bertz CT molecular complexity index is 1450. The Morgan fingerprint density at radius 3 is 2.60 bits per heavy atom. The molecule has 5 rings (SSSR count). The lowest BCUT2D eigenvalue weighted by Gasteiger charge is -2.35. The van der Waals surface area contributed by atoms with E-state index in [4.69, 9.17) is 0 Å². The van der Waals surface area contributed by atoms with Gasteiger partial charge in [0.05, 0.1) is 5.92 Å². The molecule has 1 aromatic heterocycles. The van der Waals surface area contributed by atoms with E-state index in [1.165, 1.54) is 24.3 Å². The second-order valence-electron chi connectivity index (χ2n) is 11.2. The predicted octanol–water partition coefficient (Wildman–Crippen LogP) is 3.91. The lowest BCUT2D eigenvalue weighted by molar-refractivity contribution is -0.136. The fourth-order valence-corrected chi connectivity index (χ4v) is 5.78. The van der Waals surface area contributed by atoms with E-state index in [9.17, 15) is 23.9 Å². The van der Waals surface area contributed by atoms with Crippen LogP contribution < -0.4 is 15.5 Å². The Kier molecular flexibility index (Phi) is 9.86. The maximum Gasteiger partial charge on any atom is 0.251 e. The van der Waals surface area contributed by atoms with Crippen molar-refractivity contribution in [3.8, 4) is 16.9 Å². The number of aromatic nitrogens is 1. The van der Waals surface area contributed by atoms with E-state index in [1.54, 1.807) is 18.3 Å². The summed E-state index contributed by atoms with van der Waals surface area (Å²) in [6.07, 6.45) is 5.25. The van der Waals surface area contributed by atoms with Crippen LogP contribution in [0.3, 0.4) is 0 Å².